The van der Waals surface area contributed by atoms with E-state index in [9.17, 15) is 4.79 Å². The fourth-order valence-electron chi connectivity index (χ4n) is 1.58. The van der Waals surface area contributed by atoms with Crippen molar-refractivity contribution >= 4 is 17.6 Å². The number of hydrogen-bond donors (Lipinski definition) is 2. The highest BCUT2D eigenvalue weighted by molar-refractivity contribution is 6.30. The Balaban J connectivity index is 2.46. The predicted molar refractivity (Wildman–Crippen MR) is 64.7 cm³/mol. The molecule has 0 heterocycles. The fourth-order valence-corrected chi connectivity index (χ4v) is 1.80. The molecule has 0 aliphatic rings. The van der Waals surface area contributed by atoms with E-state index in [1.165, 1.54) is 5.56 Å². The molecule has 1 aromatic rings. The maximum atomic E-state index is 10.5. The lowest BCUT2D eigenvalue weighted by Gasteiger charge is -2.08. The van der Waals surface area contributed by atoms with Gasteiger partial charge in [0.05, 0.1) is 0 Å². The quantitative estimate of drug-likeness (QED) is 0.832. The third-order valence-corrected chi connectivity index (χ3v) is 2.82. The van der Waals surface area contributed by atoms with Crippen LogP contribution in [-0.2, 0) is 11.2 Å². The Morgan fingerprint density at radius 1 is 1.56 bits per heavy atom. The standard InChI is InChI=1S/C12H16ClNO2/c1-8-7-10(13)6-5-9(8)3-2-4-11(14)12(15)16/h5-7,11H,2-4,14H2,1H3,(H,15,16). The van der Waals surface area contributed by atoms with E-state index in [1.807, 2.05) is 25.1 Å². The molecule has 16 heavy (non-hydrogen) atoms. The third kappa shape index (κ3) is 3.83. The van der Waals surface area contributed by atoms with Crippen LogP contribution in [0, 0.1) is 6.92 Å². The Kier molecular flexibility index (Phi) is 4.77. The number of hydrogen-bond acceptors (Lipinski definition) is 2. The first-order valence-corrected chi connectivity index (χ1v) is 5.62. The van der Waals surface area contributed by atoms with Crippen LogP contribution < -0.4 is 5.73 Å². The van der Waals surface area contributed by atoms with E-state index in [4.69, 9.17) is 22.4 Å². The number of carboxylic acids is 1. The summed E-state index contributed by atoms with van der Waals surface area (Å²) >= 11 is 5.85. The van der Waals surface area contributed by atoms with Gasteiger partial charge >= 0.3 is 5.97 Å². The average Bonchev–Trinajstić information content (AvgIpc) is 2.20. The fraction of sp³-hybridized carbons (Fsp3) is 0.417. The molecule has 1 unspecified atom stereocenters. The van der Waals surface area contributed by atoms with Crippen LogP contribution in [0.15, 0.2) is 18.2 Å². The van der Waals surface area contributed by atoms with Crippen molar-refractivity contribution in [3.8, 4) is 0 Å². The topological polar surface area (TPSA) is 63.3 Å². The summed E-state index contributed by atoms with van der Waals surface area (Å²) in [6.07, 6.45) is 2.11. The summed E-state index contributed by atoms with van der Waals surface area (Å²) < 4.78 is 0. The van der Waals surface area contributed by atoms with E-state index in [0.717, 1.165) is 23.4 Å². The van der Waals surface area contributed by atoms with Gasteiger partial charge in [-0.25, -0.2) is 0 Å². The van der Waals surface area contributed by atoms with Gasteiger partial charge < -0.3 is 10.8 Å². The molecule has 1 rings (SSSR count). The maximum absolute atomic E-state index is 10.5. The molecule has 0 saturated heterocycles. The highest BCUT2D eigenvalue weighted by Crippen LogP contribution is 2.17. The maximum Gasteiger partial charge on any atom is 0.320 e. The van der Waals surface area contributed by atoms with E-state index >= 15 is 0 Å². The molecule has 1 atom stereocenters. The van der Waals surface area contributed by atoms with Crippen LogP contribution in [-0.4, -0.2) is 17.1 Å². The number of rotatable bonds is 5. The van der Waals surface area contributed by atoms with Crippen molar-refractivity contribution in [3.05, 3.63) is 34.3 Å². The van der Waals surface area contributed by atoms with Crippen LogP contribution in [0.25, 0.3) is 0 Å². The van der Waals surface area contributed by atoms with Crippen molar-refractivity contribution < 1.29 is 9.90 Å². The molecule has 3 nitrogen and oxygen atoms in total. The number of carbonyl (C=O) groups is 1. The lowest BCUT2D eigenvalue weighted by atomic mass is 10.0. The smallest absolute Gasteiger partial charge is 0.320 e. The number of benzene rings is 1. The van der Waals surface area contributed by atoms with Crippen molar-refractivity contribution in [3.63, 3.8) is 0 Å². The van der Waals surface area contributed by atoms with E-state index < -0.39 is 12.0 Å². The first-order valence-electron chi connectivity index (χ1n) is 5.24. The van der Waals surface area contributed by atoms with Crippen molar-refractivity contribution in [2.45, 2.75) is 32.2 Å². The summed E-state index contributed by atoms with van der Waals surface area (Å²) in [5.74, 6) is -0.937. The van der Waals surface area contributed by atoms with Gasteiger partial charge in [-0.1, -0.05) is 17.7 Å². The summed E-state index contributed by atoms with van der Waals surface area (Å²) in [5.41, 5.74) is 7.75. The summed E-state index contributed by atoms with van der Waals surface area (Å²) in [6, 6.07) is 4.98. The van der Waals surface area contributed by atoms with Gasteiger partial charge in [-0.2, -0.15) is 0 Å². The largest absolute Gasteiger partial charge is 0.480 e. The SMILES string of the molecule is Cc1cc(Cl)ccc1CCCC(N)C(=O)O. The monoisotopic (exact) mass is 241 g/mol. The Morgan fingerprint density at radius 3 is 2.81 bits per heavy atom. The third-order valence-electron chi connectivity index (χ3n) is 2.58. The van der Waals surface area contributed by atoms with Crippen LogP contribution >= 0.6 is 11.6 Å². The zero-order chi connectivity index (χ0) is 12.1. The van der Waals surface area contributed by atoms with E-state index in [2.05, 4.69) is 0 Å². The van der Waals surface area contributed by atoms with Gasteiger partial charge in [-0.15, -0.1) is 0 Å². The molecule has 0 fully saturated rings. The Morgan fingerprint density at radius 2 is 2.25 bits per heavy atom. The molecule has 0 aliphatic heterocycles. The van der Waals surface area contributed by atoms with Crippen LogP contribution in [0.4, 0.5) is 0 Å². The molecule has 0 bridgehead atoms. The molecule has 3 N–H and O–H groups in total. The first kappa shape index (κ1) is 13.0. The second-order valence-corrected chi connectivity index (χ2v) is 4.34. The minimum atomic E-state index is -0.937. The van der Waals surface area contributed by atoms with Crippen LogP contribution in [0.3, 0.4) is 0 Å². The molecule has 0 amide bonds. The van der Waals surface area contributed by atoms with Crippen LogP contribution in [0.5, 0.6) is 0 Å². The molecule has 0 radical (unpaired) electrons. The Hall–Kier alpha value is -1.06. The summed E-state index contributed by atoms with van der Waals surface area (Å²) in [7, 11) is 0. The molecular weight excluding hydrogens is 226 g/mol. The zero-order valence-electron chi connectivity index (χ0n) is 9.24. The van der Waals surface area contributed by atoms with E-state index in [-0.39, 0.29) is 0 Å². The molecule has 0 saturated carbocycles. The lowest BCUT2D eigenvalue weighted by Crippen LogP contribution is -2.29. The van der Waals surface area contributed by atoms with Gasteiger partial charge in [0, 0.05) is 5.02 Å². The first-order chi connectivity index (χ1) is 7.50. The molecule has 0 aliphatic carbocycles. The lowest BCUT2D eigenvalue weighted by molar-refractivity contribution is -0.138. The van der Waals surface area contributed by atoms with Gasteiger partial charge in [0.15, 0.2) is 0 Å². The molecule has 0 spiro atoms. The predicted octanol–water partition coefficient (Wildman–Crippen LogP) is 2.38. The molecule has 1 aromatic carbocycles. The van der Waals surface area contributed by atoms with Crippen molar-refractivity contribution in [1.82, 2.24) is 0 Å². The van der Waals surface area contributed by atoms with Crippen LogP contribution in [0.2, 0.25) is 5.02 Å². The summed E-state index contributed by atoms with van der Waals surface area (Å²) in [5, 5.41) is 9.35. The zero-order valence-corrected chi connectivity index (χ0v) is 10.00. The van der Waals surface area contributed by atoms with E-state index in [1.54, 1.807) is 0 Å². The van der Waals surface area contributed by atoms with Gasteiger partial charge in [0.2, 0.25) is 0 Å². The van der Waals surface area contributed by atoms with Gasteiger partial charge in [-0.3, -0.25) is 4.79 Å². The average molecular weight is 242 g/mol. The normalized spacial score (nSPS) is 12.4. The van der Waals surface area contributed by atoms with E-state index in [0.29, 0.717) is 6.42 Å². The summed E-state index contributed by atoms with van der Waals surface area (Å²) in [4.78, 5) is 10.5. The van der Waals surface area contributed by atoms with Crippen molar-refractivity contribution in [2.24, 2.45) is 5.73 Å². The number of aliphatic carboxylic acids is 1. The van der Waals surface area contributed by atoms with Crippen molar-refractivity contribution in [2.75, 3.05) is 0 Å². The molecular formula is C12H16ClNO2. The van der Waals surface area contributed by atoms with Gasteiger partial charge in [0.1, 0.15) is 6.04 Å². The molecule has 4 heteroatoms. The van der Waals surface area contributed by atoms with Gasteiger partial charge in [-0.05, 0) is 49.4 Å². The number of halogens is 1. The van der Waals surface area contributed by atoms with Crippen molar-refractivity contribution in [1.29, 1.82) is 0 Å². The Bertz CT molecular complexity index is 379. The molecule has 0 aromatic heterocycles. The summed E-state index contributed by atoms with van der Waals surface area (Å²) in [6.45, 7) is 2.00. The Labute approximate surface area is 100 Å². The second-order valence-electron chi connectivity index (χ2n) is 3.91. The highest BCUT2D eigenvalue weighted by Gasteiger charge is 2.10. The number of carboxylic acid groups (broad SMARTS) is 1. The molecule has 88 valence electrons. The number of nitrogens with two attached hydrogens (primary N) is 1. The minimum absolute atomic E-state index is 0.497. The number of aryl methyl sites for hydroxylation is 2. The minimum Gasteiger partial charge on any atom is -0.480 e. The van der Waals surface area contributed by atoms with Crippen LogP contribution in [0.1, 0.15) is 24.0 Å². The highest BCUT2D eigenvalue weighted by atomic mass is 35.5. The second kappa shape index (κ2) is 5.87. The van der Waals surface area contributed by atoms with Gasteiger partial charge in [0.25, 0.3) is 0 Å².